The van der Waals surface area contributed by atoms with E-state index in [1.807, 2.05) is 49.4 Å². The molecule has 25 heavy (non-hydrogen) atoms. The molecule has 0 aliphatic rings. The highest BCUT2D eigenvalue weighted by atomic mass is 16.3. The van der Waals surface area contributed by atoms with Crippen LogP contribution in [0.1, 0.15) is 16.8 Å². The van der Waals surface area contributed by atoms with Crippen molar-refractivity contribution in [3.63, 3.8) is 0 Å². The van der Waals surface area contributed by atoms with Gasteiger partial charge >= 0.3 is 0 Å². The van der Waals surface area contributed by atoms with Gasteiger partial charge in [-0.15, -0.1) is 0 Å². The molecule has 0 fully saturated rings. The van der Waals surface area contributed by atoms with E-state index in [1.165, 1.54) is 10.9 Å². The molecule has 4 rings (SSSR count). The third-order valence-corrected chi connectivity index (χ3v) is 4.66. The minimum atomic E-state index is 0.223. The molecule has 0 atom stereocenters. The molecule has 1 N–H and O–H groups in total. The largest absolute Gasteiger partial charge is 0.505 e. The number of phenols is 1. The van der Waals surface area contributed by atoms with Gasteiger partial charge < -0.3 is 5.11 Å². The van der Waals surface area contributed by atoms with Crippen molar-refractivity contribution >= 4 is 34.0 Å². The molecule has 122 valence electrons. The summed E-state index contributed by atoms with van der Waals surface area (Å²) in [6, 6.07) is 18.4. The van der Waals surface area contributed by atoms with Crippen LogP contribution < -0.4 is 4.57 Å². The Morgan fingerprint density at radius 3 is 2.72 bits per heavy atom. The zero-order valence-electron chi connectivity index (χ0n) is 14.3. The fraction of sp³-hybridized carbons (Fsp3) is 0.0909. The Bertz CT molecular complexity index is 1130. The minimum Gasteiger partial charge on any atom is -0.505 e. The predicted octanol–water partition coefficient (Wildman–Crippen LogP) is 4.40. The summed E-state index contributed by atoms with van der Waals surface area (Å²) in [4.78, 5) is 4.33. The van der Waals surface area contributed by atoms with Gasteiger partial charge in [-0.25, -0.2) is 0 Å². The van der Waals surface area contributed by atoms with Crippen LogP contribution in [0.25, 0.3) is 34.0 Å². The highest BCUT2D eigenvalue weighted by Gasteiger charge is 2.11. The second-order valence-corrected chi connectivity index (χ2v) is 6.24. The van der Waals surface area contributed by atoms with Crippen LogP contribution in [0.3, 0.4) is 0 Å². The van der Waals surface area contributed by atoms with Gasteiger partial charge in [0.15, 0.2) is 0 Å². The first-order valence-electron chi connectivity index (χ1n) is 8.28. The number of phenolic OH excluding ortho intramolecular Hbond substituents is 1. The fourth-order valence-electron chi connectivity index (χ4n) is 3.26. The summed E-state index contributed by atoms with van der Waals surface area (Å²) in [6.07, 6.45) is 5.68. The number of fused-ring (bicyclic) bond motifs is 2. The van der Waals surface area contributed by atoms with E-state index in [0.29, 0.717) is 5.52 Å². The number of para-hydroxylation sites is 1. The van der Waals surface area contributed by atoms with Gasteiger partial charge in [0, 0.05) is 40.7 Å². The highest BCUT2D eigenvalue weighted by molar-refractivity contribution is 5.92. The summed E-state index contributed by atoms with van der Waals surface area (Å²) in [6.45, 7) is 2.04. The molecule has 2 aromatic heterocycles. The van der Waals surface area contributed by atoms with Crippen molar-refractivity contribution in [2.75, 3.05) is 0 Å². The predicted molar refractivity (Wildman–Crippen MR) is 102 cm³/mol. The smallest absolute Gasteiger partial charge is 0.212 e. The second-order valence-electron chi connectivity index (χ2n) is 6.24. The van der Waals surface area contributed by atoms with E-state index in [-0.39, 0.29) is 5.75 Å². The SMILES string of the molecule is Cc1cc(C=Cc2ccc3ccccc3[n+]2C)c(O)c2ncccc12. The molecule has 2 heterocycles. The van der Waals surface area contributed by atoms with Crippen molar-refractivity contribution in [2.45, 2.75) is 6.92 Å². The van der Waals surface area contributed by atoms with Crippen LogP contribution in [0.5, 0.6) is 5.75 Å². The molecule has 0 radical (unpaired) electrons. The van der Waals surface area contributed by atoms with Gasteiger partial charge in [0.1, 0.15) is 18.3 Å². The monoisotopic (exact) mass is 327 g/mol. The molecule has 2 aromatic carbocycles. The van der Waals surface area contributed by atoms with E-state index in [2.05, 4.69) is 40.9 Å². The van der Waals surface area contributed by atoms with E-state index in [0.717, 1.165) is 22.2 Å². The summed E-state index contributed by atoms with van der Waals surface area (Å²) in [7, 11) is 2.05. The van der Waals surface area contributed by atoms with E-state index in [9.17, 15) is 5.11 Å². The van der Waals surface area contributed by atoms with E-state index in [4.69, 9.17) is 0 Å². The lowest BCUT2D eigenvalue weighted by molar-refractivity contribution is -0.646. The van der Waals surface area contributed by atoms with Gasteiger partial charge in [-0.05, 0) is 42.8 Å². The zero-order chi connectivity index (χ0) is 17.4. The number of hydrogen-bond acceptors (Lipinski definition) is 2. The van der Waals surface area contributed by atoms with Crippen LogP contribution in [0.2, 0.25) is 0 Å². The Balaban J connectivity index is 1.81. The Kier molecular flexibility index (Phi) is 3.69. The van der Waals surface area contributed by atoms with Crippen molar-refractivity contribution in [3.8, 4) is 5.75 Å². The Labute approximate surface area is 146 Å². The fourth-order valence-corrected chi connectivity index (χ4v) is 3.26. The molecule has 3 heteroatoms. The van der Waals surface area contributed by atoms with Gasteiger partial charge in [0.25, 0.3) is 0 Å². The lowest BCUT2D eigenvalue weighted by atomic mass is 10.0. The first-order chi connectivity index (χ1) is 12.1. The number of hydrogen-bond donors (Lipinski definition) is 1. The van der Waals surface area contributed by atoms with Gasteiger partial charge in [-0.3, -0.25) is 4.98 Å². The Morgan fingerprint density at radius 1 is 1.00 bits per heavy atom. The van der Waals surface area contributed by atoms with Gasteiger partial charge in [-0.1, -0.05) is 18.2 Å². The Morgan fingerprint density at radius 2 is 1.84 bits per heavy atom. The molecule has 0 spiro atoms. The van der Waals surface area contributed by atoms with Crippen LogP contribution in [0.15, 0.2) is 60.8 Å². The van der Waals surface area contributed by atoms with Crippen molar-refractivity contribution < 1.29 is 9.67 Å². The molecule has 0 aliphatic carbocycles. The third-order valence-electron chi connectivity index (χ3n) is 4.66. The number of aryl methyl sites for hydroxylation is 2. The van der Waals surface area contributed by atoms with Crippen LogP contribution >= 0.6 is 0 Å². The standard InChI is InChI=1S/C22H18N2O/c1-15-14-17(22(25)21-19(15)7-5-13-23-21)10-12-18-11-9-16-6-3-4-8-20(16)24(18)2/h3-14H,1-2H3/p+1. The summed E-state index contributed by atoms with van der Waals surface area (Å²) in [5.41, 5.74) is 4.76. The summed E-state index contributed by atoms with van der Waals surface area (Å²) in [5.74, 6) is 0.223. The molecule has 3 nitrogen and oxygen atoms in total. The second kappa shape index (κ2) is 6.02. The average molecular weight is 327 g/mol. The first-order valence-corrected chi connectivity index (χ1v) is 8.28. The van der Waals surface area contributed by atoms with Gasteiger partial charge in [0.05, 0.1) is 0 Å². The van der Waals surface area contributed by atoms with Crippen LogP contribution in [0, 0.1) is 6.92 Å². The summed E-state index contributed by atoms with van der Waals surface area (Å²) >= 11 is 0. The molecule has 0 amide bonds. The normalized spacial score (nSPS) is 11.6. The third kappa shape index (κ3) is 2.64. The van der Waals surface area contributed by atoms with E-state index < -0.39 is 0 Å². The average Bonchev–Trinajstić information content (AvgIpc) is 2.65. The maximum absolute atomic E-state index is 10.6. The van der Waals surface area contributed by atoms with Gasteiger partial charge in [0.2, 0.25) is 11.2 Å². The maximum Gasteiger partial charge on any atom is 0.212 e. The molecule has 0 unspecified atom stereocenters. The Hall–Kier alpha value is -3.20. The molecule has 0 bridgehead atoms. The lowest BCUT2D eigenvalue weighted by Crippen LogP contribution is -2.32. The summed E-state index contributed by atoms with van der Waals surface area (Å²) < 4.78 is 2.15. The van der Waals surface area contributed by atoms with E-state index in [1.54, 1.807) is 6.20 Å². The molecule has 0 saturated heterocycles. The number of nitrogens with zero attached hydrogens (tertiary/aromatic N) is 2. The number of rotatable bonds is 2. The van der Waals surface area contributed by atoms with Crippen molar-refractivity contribution in [1.29, 1.82) is 0 Å². The molecule has 0 aliphatic heterocycles. The van der Waals surface area contributed by atoms with Gasteiger partial charge in [-0.2, -0.15) is 4.57 Å². The van der Waals surface area contributed by atoms with Crippen LogP contribution in [-0.2, 0) is 7.05 Å². The maximum atomic E-state index is 10.6. The molecule has 4 aromatic rings. The zero-order valence-corrected chi connectivity index (χ0v) is 14.3. The molecular formula is C22H19N2O+. The van der Waals surface area contributed by atoms with Crippen molar-refractivity contribution in [3.05, 3.63) is 77.6 Å². The van der Waals surface area contributed by atoms with Crippen LogP contribution in [0.4, 0.5) is 0 Å². The highest BCUT2D eigenvalue weighted by Crippen LogP contribution is 2.30. The lowest BCUT2D eigenvalue weighted by Gasteiger charge is -2.07. The number of aromatic nitrogens is 2. The van der Waals surface area contributed by atoms with Crippen molar-refractivity contribution in [1.82, 2.24) is 4.98 Å². The molecular weight excluding hydrogens is 308 g/mol. The van der Waals surface area contributed by atoms with Crippen LogP contribution in [-0.4, -0.2) is 10.1 Å². The topological polar surface area (TPSA) is 37.0 Å². The minimum absolute atomic E-state index is 0.223. The first kappa shape index (κ1) is 15.3. The summed E-state index contributed by atoms with van der Waals surface area (Å²) in [5, 5.41) is 12.8. The molecule has 0 saturated carbocycles. The number of benzene rings is 2. The quantitative estimate of drug-likeness (QED) is 0.554. The van der Waals surface area contributed by atoms with Crippen molar-refractivity contribution in [2.24, 2.45) is 7.05 Å². The number of aromatic hydroxyl groups is 1. The number of pyridine rings is 2. The van der Waals surface area contributed by atoms with E-state index >= 15 is 0 Å².